The molecule has 0 rings (SSSR count). The Morgan fingerprint density at radius 3 is 1.71 bits per heavy atom. The molecule has 0 fully saturated rings. The third-order valence-corrected chi connectivity index (χ3v) is 10.7. The van der Waals surface area contributed by atoms with Crippen LogP contribution in [0.3, 0.4) is 0 Å². The molecule has 0 spiro atoms. The molecule has 102 valence electrons. The Hall–Kier alpha value is 0.379. The van der Waals surface area contributed by atoms with Gasteiger partial charge in [-0.25, -0.2) is 0 Å². The van der Waals surface area contributed by atoms with E-state index in [0.29, 0.717) is 12.2 Å². The topological polar surface area (TPSA) is 43.7 Å². The van der Waals surface area contributed by atoms with Crippen molar-refractivity contribution >= 4 is 23.6 Å². The Bertz CT molecular complexity index is 212. The lowest BCUT2D eigenvalue weighted by Crippen LogP contribution is -2.60. The molecule has 0 saturated heterocycles. The van der Waals surface area contributed by atoms with Crippen molar-refractivity contribution in [1.29, 1.82) is 0 Å². The van der Waals surface area contributed by atoms with Crippen LogP contribution >= 0.6 is 0 Å². The molecule has 17 heavy (non-hydrogen) atoms. The van der Waals surface area contributed by atoms with Gasteiger partial charge in [0.15, 0.2) is 0 Å². The van der Waals surface area contributed by atoms with Crippen molar-refractivity contribution in [3.05, 3.63) is 0 Å². The standard InChI is InChI=1S/C11H30BNO2Si2/c1-11(8-9-12(14)15)10-13(16(2,3)4)17(5,6)7/h11,14-15H,8-10H2,1-7H3. The van der Waals surface area contributed by atoms with Crippen LogP contribution in [0, 0.1) is 5.92 Å². The average molecular weight is 275 g/mol. The maximum absolute atomic E-state index is 8.91. The van der Waals surface area contributed by atoms with E-state index < -0.39 is 23.6 Å². The SMILES string of the molecule is CC(CCB(O)O)CN([Si](C)(C)C)[Si](C)(C)C. The van der Waals surface area contributed by atoms with E-state index in [-0.39, 0.29) is 0 Å². The van der Waals surface area contributed by atoms with Crippen molar-refractivity contribution in [2.24, 2.45) is 5.92 Å². The molecule has 0 heterocycles. The normalized spacial score (nSPS) is 15.2. The highest BCUT2D eigenvalue weighted by atomic mass is 28.4. The second-order valence-electron chi connectivity index (χ2n) is 7.12. The van der Waals surface area contributed by atoms with Gasteiger partial charge in [0.05, 0.1) is 0 Å². The van der Waals surface area contributed by atoms with Gasteiger partial charge in [0.25, 0.3) is 0 Å². The van der Waals surface area contributed by atoms with Gasteiger partial charge in [-0.3, -0.25) is 0 Å². The van der Waals surface area contributed by atoms with Crippen molar-refractivity contribution in [3.8, 4) is 0 Å². The monoisotopic (exact) mass is 275 g/mol. The highest BCUT2D eigenvalue weighted by Gasteiger charge is 2.34. The molecule has 1 unspecified atom stereocenters. The van der Waals surface area contributed by atoms with E-state index in [1.165, 1.54) is 0 Å². The Labute approximate surface area is 110 Å². The second kappa shape index (κ2) is 6.52. The maximum atomic E-state index is 8.91. The zero-order valence-electron chi connectivity index (χ0n) is 12.6. The summed E-state index contributed by atoms with van der Waals surface area (Å²) in [7, 11) is -3.69. The third kappa shape index (κ3) is 7.41. The van der Waals surface area contributed by atoms with Crippen LogP contribution in [0.15, 0.2) is 0 Å². The summed E-state index contributed by atoms with van der Waals surface area (Å²) in [4.78, 5) is 0. The summed E-state index contributed by atoms with van der Waals surface area (Å²) >= 11 is 0. The van der Waals surface area contributed by atoms with Gasteiger partial charge in [-0.15, -0.1) is 0 Å². The highest BCUT2D eigenvalue weighted by molar-refractivity contribution is 6.89. The van der Waals surface area contributed by atoms with Gasteiger partial charge >= 0.3 is 7.12 Å². The molecule has 0 aromatic heterocycles. The summed E-state index contributed by atoms with van der Waals surface area (Å²) in [6, 6.07) is 0. The number of rotatable bonds is 7. The molecule has 6 heteroatoms. The number of nitrogens with zero attached hydrogens (tertiary/aromatic N) is 1. The maximum Gasteiger partial charge on any atom is 0.451 e. The van der Waals surface area contributed by atoms with Gasteiger partial charge in [-0.05, 0) is 18.8 Å². The summed E-state index contributed by atoms with van der Waals surface area (Å²) in [5.41, 5.74) is 0. The minimum absolute atomic E-state index is 0.492. The summed E-state index contributed by atoms with van der Waals surface area (Å²) in [6.07, 6.45) is 1.38. The molecule has 0 bridgehead atoms. The van der Waals surface area contributed by atoms with E-state index >= 15 is 0 Å². The first-order valence-electron chi connectivity index (χ1n) is 6.58. The van der Waals surface area contributed by atoms with E-state index in [1.807, 2.05) is 0 Å². The molecule has 1 atom stereocenters. The molecule has 3 nitrogen and oxygen atoms in total. The van der Waals surface area contributed by atoms with Crippen LogP contribution in [0.1, 0.15) is 13.3 Å². The van der Waals surface area contributed by atoms with Gasteiger partial charge in [0, 0.05) is 0 Å². The Morgan fingerprint density at radius 1 is 1.00 bits per heavy atom. The summed E-state index contributed by atoms with van der Waals surface area (Å²) < 4.78 is 2.76. The molecule has 0 aliphatic rings. The fourth-order valence-electron chi connectivity index (χ4n) is 2.39. The van der Waals surface area contributed by atoms with Crippen molar-refractivity contribution in [2.45, 2.75) is 58.9 Å². The molecular weight excluding hydrogens is 245 g/mol. The van der Waals surface area contributed by atoms with Crippen molar-refractivity contribution in [3.63, 3.8) is 0 Å². The first kappa shape index (κ1) is 17.4. The molecule has 0 radical (unpaired) electrons. The molecule has 0 aliphatic heterocycles. The molecule has 2 N–H and O–H groups in total. The summed E-state index contributed by atoms with van der Waals surface area (Å²) in [5, 5.41) is 17.8. The Balaban J connectivity index is 4.46. The van der Waals surface area contributed by atoms with Gasteiger partial charge in [0.2, 0.25) is 0 Å². The first-order chi connectivity index (χ1) is 7.44. The Kier molecular flexibility index (Phi) is 6.66. The fourth-order valence-corrected chi connectivity index (χ4v) is 12.2. The molecule has 0 aromatic rings. The van der Waals surface area contributed by atoms with Crippen LogP contribution in [0.25, 0.3) is 0 Å². The van der Waals surface area contributed by atoms with Crippen LogP contribution in [0.4, 0.5) is 0 Å². The number of hydrogen-bond acceptors (Lipinski definition) is 3. The lowest BCUT2D eigenvalue weighted by atomic mass is 9.81. The number of hydrogen-bond donors (Lipinski definition) is 2. The second-order valence-corrected chi connectivity index (χ2v) is 17.3. The van der Waals surface area contributed by atoms with Crippen LogP contribution < -0.4 is 0 Å². The average Bonchev–Trinajstić information content (AvgIpc) is 2.07. The van der Waals surface area contributed by atoms with E-state index in [0.717, 1.165) is 13.0 Å². The lowest BCUT2D eigenvalue weighted by molar-refractivity contribution is 0.385. The third-order valence-electron chi connectivity index (χ3n) is 3.03. The zero-order chi connectivity index (χ0) is 13.9. The first-order valence-corrected chi connectivity index (χ1v) is 13.5. The Morgan fingerprint density at radius 2 is 1.41 bits per heavy atom. The highest BCUT2D eigenvalue weighted by Crippen LogP contribution is 2.22. The van der Waals surface area contributed by atoms with E-state index in [4.69, 9.17) is 10.0 Å². The molecular formula is C11H30BNO2Si2. The van der Waals surface area contributed by atoms with E-state index in [9.17, 15) is 0 Å². The molecule has 0 saturated carbocycles. The summed E-state index contributed by atoms with van der Waals surface area (Å²) in [5.74, 6) is 0.537. The van der Waals surface area contributed by atoms with Crippen molar-refractivity contribution < 1.29 is 10.0 Å². The summed E-state index contributed by atoms with van der Waals surface area (Å²) in [6.45, 7) is 17.7. The van der Waals surface area contributed by atoms with Crippen molar-refractivity contribution in [1.82, 2.24) is 4.23 Å². The largest absolute Gasteiger partial charge is 0.451 e. The van der Waals surface area contributed by atoms with Gasteiger partial charge < -0.3 is 14.3 Å². The van der Waals surface area contributed by atoms with Crippen LogP contribution in [0.2, 0.25) is 45.6 Å². The minimum atomic E-state index is -1.27. The molecule has 0 aliphatic carbocycles. The zero-order valence-corrected chi connectivity index (χ0v) is 14.6. The van der Waals surface area contributed by atoms with Crippen LogP contribution in [-0.4, -0.2) is 44.4 Å². The minimum Gasteiger partial charge on any atom is -0.427 e. The lowest BCUT2D eigenvalue weighted by Gasteiger charge is -2.45. The quantitative estimate of drug-likeness (QED) is 0.701. The molecule has 0 amide bonds. The fraction of sp³-hybridized carbons (Fsp3) is 1.00. The van der Waals surface area contributed by atoms with Gasteiger partial charge in [0.1, 0.15) is 16.5 Å². The smallest absolute Gasteiger partial charge is 0.427 e. The van der Waals surface area contributed by atoms with Crippen LogP contribution in [0.5, 0.6) is 0 Å². The predicted molar refractivity (Wildman–Crippen MR) is 82.2 cm³/mol. The predicted octanol–water partition coefficient (Wildman–Crippen LogP) is 2.46. The van der Waals surface area contributed by atoms with E-state index in [1.54, 1.807) is 0 Å². The van der Waals surface area contributed by atoms with Gasteiger partial charge in [-0.2, -0.15) is 0 Å². The van der Waals surface area contributed by atoms with Crippen LogP contribution in [-0.2, 0) is 0 Å². The molecule has 0 aromatic carbocycles. The van der Waals surface area contributed by atoms with E-state index in [2.05, 4.69) is 50.4 Å². The van der Waals surface area contributed by atoms with Gasteiger partial charge in [-0.1, -0.05) is 52.6 Å². The van der Waals surface area contributed by atoms with Crippen molar-refractivity contribution in [2.75, 3.05) is 6.54 Å².